The van der Waals surface area contributed by atoms with E-state index < -0.39 is 0 Å². The normalized spacial score (nSPS) is 16.9. The molecule has 0 aliphatic carbocycles. The van der Waals surface area contributed by atoms with Crippen molar-refractivity contribution < 1.29 is 9.90 Å². The number of likely N-dealkylation sites (tertiary alicyclic amines) is 1. The number of hydrogen-bond acceptors (Lipinski definition) is 2. The van der Waals surface area contributed by atoms with Crippen LogP contribution in [-0.4, -0.2) is 35.6 Å². The number of aliphatic hydroxyl groups excluding tert-OH is 1. The topological polar surface area (TPSA) is 40.5 Å². The molecule has 0 atom stereocenters. The highest BCUT2D eigenvalue weighted by molar-refractivity contribution is 6.31. The largest absolute Gasteiger partial charge is 0.396 e. The van der Waals surface area contributed by atoms with Crippen molar-refractivity contribution in [1.82, 2.24) is 4.90 Å². The molecule has 3 nitrogen and oxygen atoms in total. The summed E-state index contributed by atoms with van der Waals surface area (Å²) < 4.78 is 0. The van der Waals surface area contributed by atoms with Crippen molar-refractivity contribution in [1.29, 1.82) is 0 Å². The fourth-order valence-corrected chi connectivity index (χ4v) is 2.50. The molecule has 0 saturated carbocycles. The van der Waals surface area contributed by atoms with Crippen LogP contribution in [0, 0.1) is 12.8 Å². The van der Waals surface area contributed by atoms with Gasteiger partial charge >= 0.3 is 0 Å². The van der Waals surface area contributed by atoms with E-state index in [2.05, 4.69) is 0 Å². The van der Waals surface area contributed by atoms with E-state index in [4.69, 9.17) is 16.7 Å². The molecule has 1 amide bonds. The Kier molecular flexibility index (Phi) is 4.25. The van der Waals surface area contributed by atoms with Gasteiger partial charge in [-0.1, -0.05) is 17.7 Å². The van der Waals surface area contributed by atoms with E-state index in [1.54, 1.807) is 6.07 Å². The Labute approximate surface area is 112 Å². The molecule has 0 radical (unpaired) electrons. The highest BCUT2D eigenvalue weighted by Crippen LogP contribution is 2.23. The second-order valence-electron chi connectivity index (χ2n) is 4.83. The third kappa shape index (κ3) is 2.68. The van der Waals surface area contributed by atoms with Gasteiger partial charge in [0.1, 0.15) is 0 Å². The molecule has 1 fully saturated rings. The summed E-state index contributed by atoms with van der Waals surface area (Å²) in [5.41, 5.74) is 1.53. The molecule has 1 aromatic carbocycles. The molecule has 1 heterocycles. The molecule has 1 N–H and O–H groups in total. The monoisotopic (exact) mass is 267 g/mol. The minimum absolute atomic E-state index is 0.0476. The molecule has 2 rings (SSSR count). The lowest BCUT2D eigenvalue weighted by Crippen LogP contribution is -2.39. The Balaban J connectivity index is 2.10. The Morgan fingerprint density at radius 1 is 1.44 bits per heavy atom. The van der Waals surface area contributed by atoms with Crippen LogP contribution in [0.25, 0.3) is 0 Å². The number of carbonyl (C=O) groups is 1. The van der Waals surface area contributed by atoms with Crippen molar-refractivity contribution in [2.24, 2.45) is 5.92 Å². The highest BCUT2D eigenvalue weighted by Gasteiger charge is 2.24. The van der Waals surface area contributed by atoms with E-state index in [0.29, 0.717) is 16.5 Å². The number of piperidine rings is 1. The van der Waals surface area contributed by atoms with Crippen molar-refractivity contribution >= 4 is 17.5 Å². The predicted molar refractivity (Wildman–Crippen MR) is 71.9 cm³/mol. The summed E-state index contributed by atoms with van der Waals surface area (Å²) in [7, 11) is 0. The van der Waals surface area contributed by atoms with Gasteiger partial charge in [0.15, 0.2) is 0 Å². The number of benzene rings is 1. The lowest BCUT2D eigenvalue weighted by Gasteiger charge is -2.31. The van der Waals surface area contributed by atoms with E-state index in [1.807, 2.05) is 24.0 Å². The van der Waals surface area contributed by atoms with Crippen LogP contribution in [0.5, 0.6) is 0 Å². The predicted octanol–water partition coefficient (Wildman–Crippen LogP) is 2.49. The van der Waals surface area contributed by atoms with Gasteiger partial charge in [0, 0.05) is 30.3 Å². The van der Waals surface area contributed by atoms with Crippen molar-refractivity contribution in [3.05, 3.63) is 34.3 Å². The van der Waals surface area contributed by atoms with E-state index in [9.17, 15) is 4.79 Å². The number of aliphatic hydroxyl groups is 1. The second-order valence-corrected chi connectivity index (χ2v) is 5.24. The van der Waals surface area contributed by atoms with Crippen LogP contribution in [0.3, 0.4) is 0 Å². The summed E-state index contributed by atoms with van der Waals surface area (Å²) in [6, 6.07) is 5.43. The van der Waals surface area contributed by atoms with Gasteiger partial charge in [0.2, 0.25) is 0 Å². The van der Waals surface area contributed by atoms with Crippen LogP contribution in [0.15, 0.2) is 18.2 Å². The Morgan fingerprint density at radius 3 is 2.72 bits per heavy atom. The molecule has 0 spiro atoms. The molecular formula is C14H18ClNO2. The average molecular weight is 268 g/mol. The maximum atomic E-state index is 12.4. The number of rotatable bonds is 2. The van der Waals surface area contributed by atoms with Crippen LogP contribution in [0.2, 0.25) is 5.02 Å². The van der Waals surface area contributed by atoms with E-state index >= 15 is 0 Å². The van der Waals surface area contributed by atoms with Gasteiger partial charge in [0.05, 0.1) is 0 Å². The fourth-order valence-electron chi connectivity index (χ4n) is 2.33. The zero-order valence-corrected chi connectivity index (χ0v) is 11.3. The van der Waals surface area contributed by atoms with Crippen molar-refractivity contribution in [3.8, 4) is 0 Å². The second kappa shape index (κ2) is 5.72. The Morgan fingerprint density at radius 2 is 2.11 bits per heavy atom. The highest BCUT2D eigenvalue weighted by atomic mass is 35.5. The first-order chi connectivity index (χ1) is 8.63. The summed E-state index contributed by atoms with van der Waals surface area (Å²) in [5.74, 6) is 0.390. The lowest BCUT2D eigenvalue weighted by molar-refractivity contribution is 0.0650. The van der Waals surface area contributed by atoms with E-state index in [0.717, 1.165) is 31.5 Å². The minimum Gasteiger partial charge on any atom is -0.396 e. The summed E-state index contributed by atoms with van der Waals surface area (Å²) in [6.45, 7) is 3.53. The van der Waals surface area contributed by atoms with Gasteiger partial charge in [-0.05, 0) is 43.4 Å². The molecule has 1 saturated heterocycles. The summed E-state index contributed by atoms with van der Waals surface area (Å²) in [6.07, 6.45) is 1.75. The Bertz CT molecular complexity index is 439. The number of nitrogens with zero attached hydrogens (tertiary/aromatic N) is 1. The zero-order chi connectivity index (χ0) is 13.1. The molecule has 0 aromatic heterocycles. The van der Waals surface area contributed by atoms with Crippen molar-refractivity contribution in [3.63, 3.8) is 0 Å². The van der Waals surface area contributed by atoms with Crippen LogP contribution in [-0.2, 0) is 0 Å². The van der Waals surface area contributed by atoms with Crippen LogP contribution < -0.4 is 0 Å². The molecule has 1 aromatic rings. The number of halogens is 1. The van der Waals surface area contributed by atoms with Crippen LogP contribution in [0.4, 0.5) is 0 Å². The van der Waals surface area contributed by atoms with Crippen molar-refractivity contribution in [2.45, 2.75) is 19.8 Å². The first kappa shape index (κ1) is 13.4. The molecule has 4 heteroatoms. The first-order valence-electron chi connectivity index (χ1n) is 6.28. The molecular weight excluding hydrogens is 250 g/mol. The van der Waals surface area contributed by atoms with Gasteiger partial charge in [0.25, 0.3) is 5.91 Å². The molecule has 0 bridgehead atoms. The third-order valence-electron chi connectivity index (χ3n) is 3.66. The summed E-state index contributed by atoms with van der Waals surface area (Å²) in [4.78, 5) is 14.2. The molecule has 18 heavy (non-hydrogen) atoms. The smallest absolute Gasteiger partial charge is 0.254 e. The van der Waals surface area contributed by atoms with E-state index in [1.165, 1.54) is 0 Å². The third-order valence-corrected chi connectivity index (χ3v) is 4.07. The van der Waals surface area contributed by atoms with Gasteiger partial charge in [-0.25, -0.2) is 0 Å². The zero-order valence-electron chi connectivity index (χ0n) is 10.5. The summed E-state index contributed by atoms with van der Waals surface area (Å²) in [5, 5.41) is 9.72. The fraction of sp³-hybridized carbons (Fsp3) is 0.500. The molecule has 0 unspecified atom stereocenters. The van der Waals surface area contributed by atoms with Crippen molar-refractivity contribution in [2.75, 3.05) is 19.7 Å². The van der Waals surface area contributed by atoms with Gasteiger partial charge in [-0.3, -0.25) is 4.79 Å². The van der Waals surface area contributed by atoms with Gasteiger partial charge in [-0.2, -0.15) is 0 Å². The maximum Gasteiger partial charge on any atom is 0.254 e. The lowest BCUT2D eigenvalue weighted by atomic mass is 9.97. The van der Waals surface area contributed by atoms with Gasteiger partial charge < -0.3 is 10.0 Å². The van der Waals surface area contributed by atoms with Crippen LogP contribution >= 0.6 is 11.6 Å². The van der Waals surface area contributed by atoms with Gasteiger partial charge in [-0.15, -0.1) is 0 Å². The molecule has 1 aliphatic rings. The standard InChI is InChI=1S/C14H18ClNO2/c1-10-12(3-2-4-13(10)15)14(18)16-7-5-11(9-17)6-8-16/h2-4,11,17H,5-9H2,1H3. The minimum atomic E-state index is 0.0476. The maximum absolute atomic E-state index is 12.4. The summed E-state index contributed by atoms with van der Waals surface area (Å²) >= 11 is 6.04. The molecule has 98 valence electrons. The SMILES string of the molecule is Cc1c(Cl)cccc1C(=O)N1CCC(CO)CC1. The quantitative estimate of drug-likeness (QED) is 0.894. The van der Waals surface area contributed by atoms with Crippen LogP contribution in [0.1, 0.15) is 28.8 Å². The first-order valence-corrected chi connectivity index (χ1v) is 6.66. The number of hydrogen-bond donors (Lipinski definition) is 1. The number of amides is 1. The molecule has 1 aliphatic heterocycles. The average Bonchev–Trinajstić information content (AvgIpc) is 2.41. The Hall–Kier alpha value is -1.06. The number of carbonyl (C=O) groups excluding carboxylic acids is 1. The van der Waals surface area contributed by atoms with E-state index in [-0.39, 0.29) is 12.5 Å².